The number of alkyl carbamates (subject to hydrolysis) is 1. The minimum absolute atomic E-state index is 0.231. The van der Waals surface area contributed by atoms with Crippen molar-refractivity contribution < 1.29 is 19.1 Å². The highest BCUT2D eigenvalue weighted by molar-refractivity contribution is 5.81. The highest BCUT2D eigenvalue weighted by Gasteiger charge is 2.30. The summed E-state index contributed by atoms with van der Waals surface area (Å²) in [7, 11) is 1.33. The molecule has 5 nitrogen and oxygen atoms in total. The second-order valence-electron chi connectivity index (χ2n) is 7.25. The normalized spacial score (nSPS) is 18.2. The molecular formula is C19H27NO4. The lowest BCUT2D eigenvalue weighted by atomic mass is 9.79. The zero-order valence-corrected chi connectivity index (χ0v) is 14.9. The number of fused-ring (bicyclic) bond motifs is 1. The first-order valence-corrected chi connectivity index (χ1v) is 8.45. The maximum absolute atomic E-state index is 12.1. The lowest BCUT2D eigenvalue weighted by Crippen LogP contribution is -2.45. The van der Waals surface area contributed by atoms with Gasteiger partial charge in [-0.25, -0.2) is 9.59 Å². The maximum Gasteiger partial charge on any atom is 0.408 e. The fourth-order valence-corrected chi connectivity index (χ4v) is 3.19. The van der Waals surface area contributed by atoms with Gasteiger partial charge in [0.15, 0.2) is 0 Å². The summed E-state index contributed by atoms with van der Waals surface area (Å²) < 4.78 is 10.1. The monoisotopic (exact) mass is 333 g/mol. The molecule has 2 atom stereocenters. The van der Waals surface area contributed by atoms with Crippen LogP contribution in [0.5, 0.6) is 0 Å². The molecule has 5 heteroatoms. The maximum atomic E-state index is 12.1. The number of hydrogen-bond donors (Lipinski definition) is 1. The van der Waals surface area contributed by atoms with Crippen LogP contribution in [0, 0.1) is 0 Å². The third-order valence-corrected chi connectivity index (χ3v) is 4.19. The summed E-state index contributed by atoms with van der Waals surface area (Å²) in [6.45, 7) is 5.37. The lowest BCUT2D eigenvalue weighted by Gasteiger charge is -2.29. The molecule has 0 saturated carbocycles. The third kappa shape index (κ3) is 4.98. The quantitative estimate of drug-likeness (QED) is 0.856. The number of methoxy groups -OCH3 is 1. The van der Waals surface area contributed by atoms with E-state index in [9.17, 15) is 9.59 Å². The molecule has 0 spiro atoms. The van der Waals surface area contributed by atoms with Gasteiger partial charge < -0.3 is 14.8 Å². The topological polar surface area (TPSA) is 64.6 Å². The first kappa shape index (κ1) is 18.3. The second-order valence-corrected chi connectivity index (χ2v) is 7.25. The van der Waals surface area contributed by atoms with Crippen LogP contribution in [-0.4, -0.2) is 30.8 Å². The van der Waals surface area contributed by atoms with Gasteiger partial charge in [0.1, 0.15) is 11.6 Å². The van der Waals surface area contributed by atoms with Crippen molar-refractivity contribution in [2.24, 2.45) is 0 Å². The standard InChI is InChI=1S/C19H27NO4/c1-19(2,3)24-18(22)20-16(17(21)23-4)12-14-10-7-9-13-8-5-6-11-15(13)14/h5-6,8,11,14,16H,7,9-10,12H2,1-4H3,(H,20,22). The number of ether oxygens (including phenoxy) is 2. The minimum Gasteiger partial charge on any atom is -0.467 e. The molecule has 24 heavy (non-hydrogen) atoms. The Bertz CT molecular complexity index is 591. The largest absolute Gasteiger partial charge is 0.467 e. The number of amides is 1. The molecule has 1 aromatic rings. The van der Waals surface area contributed by atoms with E-state index in [1.54, 1.807) is 20.8 Å². The number of carbonyl (C=O) groups is 2. The van der Waals surface area contributed by atoms with Crippen LogP contribution in [0.1, 0.15) is 57.1 Å². The smallest absolute Gasteiger partial charge is 0.408 e. The second kappa shape index (κ2) is 7.69. The Hall–Kier alpha value is -2.04. The first-order chi connectivity index (χ1) is 11.3. The molecule has 0 fully saturated rings. The third-order valence-electron chi connectivity index (χ3n) is 4.19. The number of carbonyl (C=O) groups excluding carboxylic acids is 2. The Labute approximate surface area is 143 Å². The van der Waals surface area contributed by atoms with Crippen LogP contribution in [0.4, 0.5) is 4.79 Å². The number of hydrogen-bond acceptors (Lipinski definition) is 4. The molecular weight excluding hydrogens is 306 g/mol. The average molecular weight is 333 g/mol. The molecule has 0 aliphatic heterocycles. The zero-order chi connectivity index (χ0) is 17.7. The Morgan fingerprint density at radius 2 is 2.00 bits per heavy atom. The molecule has 2 rings (SSSR count). The Balaban J connectivity index is 2.10. The molecule has 1 N–H and O–H groups in total. The van der Waals surface area contributed by atoms with Crippen LogP contribution in [0.3, 0.4) is 0 Å². The molecule has 0 heterocycles. The van der Waals surface area contributed by atoms with Crippen LogP contribution in [0.2, 0.25) is 0 Å². The van der Waals surface area contributed by atoms with Crippen molar-refractivity contribution in [2.45, 2.75) is 64.0 Å². The van der Waals surface area contributed by atoms with Crippen molar-refractivity contribution in [3.8, 4) is 0 Å². The van der Waals surface area contributed by atoms with Gasteiger partial charge >= 0.3 is 12.1 Å². The van der Waals surface area contributed by atoms with Crippen molar-refractivity contribution in [2.75, 3.05) is 7.11 Å². The number of nitrogens with one attached hydrogen (secondary N) is 1. The highest BCUT2D eigenvalue weighted by Crippen LogP contribution is 2.34. The molecule has 1 amide bonds. The van der Waals surface area contributed by atoms with Gasteiger partial charge in [0.05, 0.1) is 7.11 Å². The van der Waals surface area contributed by atoms with Gasteiger partial charge in [0, 0.05) is 0 Å². The predicted molar refractivity (Wildman–Crippen MR) is 91.9 cm³/mol. The van der Waals surface area contributed by atoms with Crippen LogP contribution >= 0.6 is 0 Å². The summed E-state index contributed by atoms with van der Waals surface area (Å²) in [5, 5.41) is 2.67. The van der Waals surface area contributed by atoms with E-state index in [0.29, 0.717) is 6.42 Å². The fraction of sp³-hybridized carbons (Fsp3) is 0.579. The number of rotatable bonds is 4. The van der Waals surface area contributed by atoms with Crippen molar-refractivity contribution in [1.29, 1.82) is 0 Å². The van der Waals surface area contributed by atoms with E-state index in [1.807, 2.05) is 12.1 Å². The van der Waals surface area contributed by atoms with E-state index in [-0.39, 0.29) is 5.92 Å². The zero-order valence-electron chi connectivity index (χ0n) is 14.9. The van der Waals surface area contributed by atoms with Gasteiger partial charge in [-0.05, 0) is 63.5 Å². The number of benzene rings is 1. The van der Waals surface area contributed by atoms with E-state index in [4.69, 9.17) is 9.47 Å². The molecule has 132 valence electrons. The van der Waals surface area contributed by atoms with Gasteiger partial charge in [-0.1, -0.05) is 24.3 Å². The summed E-state index contributed by atoms with van der Waals surface area (Å²) in [6, 6.07) is 7.60. The Kier molecular flexibility index (Phi) is 5.86. The lowest BCUT2D eigenvalue weighted by molar-refractivity contribution is -0.143. The summed E-state index contributed by atoms with van der Waals surface area (Å²) in [5.74, 6) is -0.210. The summed E-state index contributed by atoms with van der Waals surface area (Å²) in [5.41, 5.74) is 1.99. The number of esters is 1. The Morgan fingerprint density at radius 1 is 1.29 bits per heavy atom. The van der Waals surface area contributed by atoms with Gasteiger partial charge in [-0.2, -0.15) is 0 Å². The van der Waals surface area contributed by atoms with E-state index in [1.165, 1.54) is 18.2 Å². The van der Waals surface area contributed by atoms with Crippen molar-refractivity contribution in [3.63, 3.8) is 0 Å². The fourth-order valence-electron chi connectivity index (χ4n) is 3.19. The van der Waals surface area contributed by atoms with Gasteiger partial charge in [-0.3, -0.25) is 0 Å². The van der Waals surface area contributed by atoms with Crippen LogP contribution in [0.15, 0.2) is 24.3 Å². The Morgan fingerprint density at radius 3 is 2.67 bits per heavy atom. The van der Waals surface area contributed by atoms with Gasteiger partial charge in [0.25, 0.3) is 0 Å². The summed E-state index contributed by atoms with van der Waals surface area (Å²) in [4.78, 5) is 24.1. The van der Waals surface area contributed by atoms with E-state index < -0.39 is 23.7 Å². The average Bonchev–Trinajstić information content (AvgIpc) is 2.52. The molecule has 0 bridgehead atoms. The first-order valence-electron chi connectivity index (χ1n) is 8.45. The predicted octanol–water partition coefficient (Wildman–Crippen LogP) is 3.56. The molecule has 0 saturated heterocycles. The van der Waals surface area contributed by atoms with Crippen molar-refractivity contribution >= 4 is 12.1 Å². The van der Waals surface area contributed by atoms with E-state index >= 15 is 0 Å². The molecule has 1 aliphatic carbocycles. The van der Waals surface area contributed by atoms with Crippen LogP contribution < -0.4 is 5.32 Å². The molecule has 0 radical (unpaired) electrons. The molecule has 0 aromatic heterocycles. The van der Waals surface area contributed by atoms with Gasteiger partial charge in [-0.15, -0.1) is 0 Å². The number of aryl methyl sites for hydroxylation is 1. The summed E-state index contributed by atoms with van der Waals surface area (Å²) >= 11 is 0. The molecule has 2 unspecified atom stereocenters. The van der Waals surface area contributed by atoms with Crippen LogP contribution in [0.25, 0.3) is 0 Å². The van der Waals surface area contributed by atoms with Crippen molar-refractivity contribution in [3.05, 3.63) is 35.4 Å². The molecule has 1 aromatic carbocycles. The molecule has 1 aliphatic rings. The highest BCUT2D eigenvalue weighted by atomic mass is 16.6. The summed E-state index contributed by atoms with van der Waals surface area (Å²) in [6.07, 6.45) is 3.07. The van der Waals surface area contributed by atoms with E-state index in [0.717, 1.165) is 19.3 Å². The van der Waals surface area contributed by atoms with Gasteiger partial charge in [0.2, 0.25) is 0 Å². The SMILES string of the molecule is COC(=O)C(CC1CCCc2ccccc21)NC(=O)OC(C)(C)C. The minimum atomic E-state index is -0.707. The van der Waals surface area contributed by atoms with Crippen molar-refractivity contribution in [1.82, 2.24) is 5.32 Å². The van der Waals surface area contributed by atoms with Crippen LogP contribution in [-0.2, 0) is 20.7 Å². The van der Waals surface area contributed by atoms with E-state index in [2.05, 4.69) is 17.4 Å².